The lowest BCUT2D eigenvalue weighted by atomic mass is 10.1. The number of carbonyl (C=O) groups excluding carboxylic acids is 1. The molecule has 0 aliphatic carbocycles. The van der Waals surface area contributed by atoms with Crippen LogP contribution in [-0.4, -0.2) is 35.9 Å². The van der Waals surface area contributed by atoms with Gasteiger partial charge >= 0.3 is 0 Å². The normalized spacial score (nSPS) is 10.8. The number of carbonyl (C=O) groups is 1. The summed E-state index contributed by atoms with van der Waals surface area (Å²) in [6.45, 7) is 3.12. The number of ether oxygens (including phenoxy) is 2. The zero-order chi connectivity index (χ0) is 25.9. The smallest absolute Gasteiger partial charge is 0.243 e. The number of hydrogen-bond donors (Lipinski definition) is 2. The standard InChI is InChI=1S/C27H30FN5O3/c1-3-4-16-36-24-13-7-19(17-25(24)35-2)8-14-26(34)31-15-5-6-23-22(18-29)27(30)33(32-23)21-11-9-20(28)10-12-21/h7-14,17H,3-6,15-16,30H2,1-2H3,(H,31,34)/b14-8+. The molecule has 0 unspecified atom stereocenters. The number of methoxy groups -OCH3 is 1. The molecule has 0 aliphatic rings. The van der Waals surface area contributed by atoms with Gasteiger partial charge in [0.25, 0.3) is 0 Å². The number of rotatable bonds is 12. The van der Waals surface area contributed by atoms with Gasteiger partial charge in [-0.25, -0.2) is 9.07 Å². The van der Waals surface area contributed by atoms with Crippen molar-refractivity contribution in [2.24, 2.45) is 0 Å². The Balaban J connectivity index is 1.53. The third kappa shape index (κ3) is 6.85. The van der Waals surface area contributed by atoms with Crippen molar-refractivity contribution >= 4 is 17.8 Å². The molecule has 1 amide bonds. The predicted molar refractivity (Wildman–Crippen MR) is 136 cm³/mol. The second-order valence-corrected chi connectivity index (χ2v) is 8.05. The number of nitrogen functional groups attached to an aromatic ring is 1. The van der Waals surface area contributed by atoms with Gasteiger partial charge < -0.3 is 20.5 Å². The minimum absolute atomic E-state index is 0.197. The molecule has 188 valence electrons. The molecule has 3 aromatic rings. The Hall–Kier alpha value is -4.32. The predicted octanol–water partition coefficient (Wildman–Crippen LogP) is 4.41. The summed E-state index contributed by atoms with van der Waals surface area (Å²) in [4.78, 5) is 12.2. The van der Waals surface area contributed by atoms with E-state index in [1.807, 2.05) is 18.2 Å². The summed E-state index contributed by atoms with van der Waals surface area (Å²) in [7, 11) is 1.58. The van der Waals surface area contributed by atoms with E-state index in [9.17, 15) is 14.4 Å². The third-order valence-electron chi connectivity index (χ3n) is 5.44. The van der Waals surface area contributed by atoms with Crippen LogP contribution in [0.5, 0.6) is 11.5 Å². The fourth-order valence-corrected chi connectivity index (χ4v) is 3.49. The van der Waals surface area contributed by atoms with Gasteiger partial charge in [0.2, 0.25) is 5.91 Å². The number of amides is 1. The quantitative estimate of drug-likeness (QED) is 0.286. The van der Waals surface area contributed by atoms with Gasteiger partial charge in [-0.3, -0.25) is 4.79 Å². The number of nitrogens with two attached hydrogens (primary N) is 1. The van der Waals surface area contributed by atoms with Crippen LogP contribution in [0.2, 0.25) is 0 Å². The molecule has 36 heavy (non-hydrogen) atoms. The molecule has 0 fully saturated rings. The topological polar surface area (TPSA) is 115 Å². The summed E-state index contributed by atoms with van der Waals surface area (Å²) in [6, 6.07) is 13.3. The number of hydrogen-bond acceptors (Lipinski definition) is 6. The third-order valence-corrected chi connectivity index (χ3v) is 5.44. The Bertz CT molecular complexity index is 1250. The molecule has 0 spiro atoms. The number of anilines is 1. The summed E-state index contributed by atoms with van der Waals surface area (Å²) < 4.78 is 25.8. The fraction of sp³-hybridized carbons (Fsp3) is 0.296. The van der Waals surface area contributed by atoms with Crippen LogP contribution < -0.4 is 20.5 Å². The summed E-state index contributed by atoms with van der Waals surface area (Å²) in [5.74, 6) is 0.869. The Morgan fingerprint density at radius 1 is 1.22 bits per heavy atom. The van der Waals surface area contributed by atoms with E-state index in [4.69, 9.17) is 15.2 Å². The van der Waals surface area contributed by atoms with Crippen molar-refractivity contribution in [3.8, 4) is 23.3 Å². The number of nitrogens with zero attached hydrogens (tertiary/aromatic N) is 3. The van der Waals surface area contributed by atoms with E-state index in [-0.39, 0.29) is 23.1 Å². The maximum absolute atomic E-state index is 13.2. The number of nitriles is 1. The largest absolute Gasteiger partial charge is 0.493 e. The Morgan fingerprint density at radius 2 is 2.00 bits per heavy atom. The zero-order valence-electron chi connectivity index (χ0n) is 20.5. The highest BCUT2D eigenvalue weighted by atomic mass is 19.1. The monoisotopic (exact) mass is 491 g/mol. The number of unbranched alkanes of at least 4 members (excludes halogenated alkanes) is 1. The van der Waals surface area contributed by atoms with Crippen LogP contribution in [0.3, 0.4) is 0 Å². The van der Waals surface area contributed by atoms with Gasteiger partial charge in [0, 0.05) is 12.6 Å². The molecule has 2 aromatic carbocycles. The van der Waals surface area contributed by atoms with Crippen molar-refractivity contribution in [1.82, 2.24) is 15.1 Å². The van der Waals surface area contributed by atoms with Gasteiger partial charge in [-0.1, -0.05) is 19.4 Å². The van der Waals surface area contributed by atoms with Crippen LogP contribution >= 0.6 is 0 Å². The molecular formula is C27H30FN5O3. The van der Waals surface area contributed by atoms with Crippen LogP contribution in [0.4, 0.5) is 10.2 Å². The number of aryl methyl sites for hydroxylation is 1. The molecule has 0 radical (unpaired) electrons. The van der Waals surface area contributed by atoms with Gasteiger partial charge in [0.05, 0.1) is 25.1 Å². The lowest BCUT2D eigenvalue weighted by Crippen LogP contribution is -2.22. The molecule has 3 rings (SSSR count). The van der Waals surface area contributed by atoms with E-state index in [1.165, 1.54) is 22.9 Å². The summed E-state index contributed by atoms with van der Waals surface area (Å²) in [5.41, 5.74) is 8.26. The second-order valence-electron chi connectivity index (χ2n) is 8.05. The first-order chi connectivity index (χ1) is 17.5. The maximum Gasteiger partial charge on any atom is 0.243 e. The molecule has 0 atom stereocenters. The van der Waals surface area contributed by atoms with Gasteiger partial charge in [-0.05, 0) is 67.3 Å². The van der Waals surface area contributed by atoms with E-state index in [0.29, 0.717) is 48.9 Å². The maximum atomic E-state index is 13.2. The molecule has 3 N–H and O–H groups in total. The van der Waals surface area contributed by atoms with Crippen molar-refractivity contribution in [2.75, 3.05) is 26.0 Å². The minimum Gasteiger partial charge on any atom is -0.493 e. The fourth-order valence-electron chi connectivity index (χ4n) is 3.49. The van der Waals surface area contributed by atoms with Crippen LogP contribution in [-0.2, 0) is 11.2 Å². The van der Waals surface area contributed by atoms with Gasteiger partial charge in [-0.15, -0.1) is 0 Å². The number of benzene rings is 2. The molecule has 0 saturated heterocycles. The lowest BCUT2D eigenvalue weighted by Gasteiger charge is -2.10. The van der Waals surface area contributed by atoms with Crippen molar-refractivity contribution in [3.63, 3.8) is 0 Å². The highest BCUT2D eigenvalue weighted by Gasteiger charge is 2.16. The second kappa shape index (κ2) is 13.0. The highest BCUT2D eigenvalue weighted by molar-refractivity contribution is 5.91. The molecule has 8 nitrogen and oxygen atoms in total. The van der Waals surface area contributed by atoms with Crippen LogP contribution in [0.1, 0.15) is 43.0 Å². The van der Waals surface area contributed by atoms with Crippen molar-refractivity contribution < 1.29 is 18.7 Å². The summed E-state index contributed by atoms with van der Waals surface area (Å²) in [5, 5.41) is 16.7. The molecule has 0 aliphatic heterocycles. The molecule has 1 heterocycles. The van der Waals surface area contributed by atoms with Crippen molar-refractivity contribution in [1.29, 1.82) is 5.26 Å². The molecule has 1 aromatic heterocycles. The Kier molecular flexibility index (Phi) is 9.46. The average Bonchev–Trinajstić information content (AvgIpc) is 3.21. The van der Waals surface area contributed by atoms with Crippen LogP contribution in [0.15, 0.2) is 48.5 Å². The molecule has 0 saturated carbocycles. The SMILES string of the molecule is CCCCOc1ccc(/C=C/C(=O)NCCCc2nn(-c3ccc(F)cc3)c(N)c2C#N)cc1OC. The zero-order valence-corrected chi connectivity index (χ0v) is 20.5. The van der Waals surface area contributed by atoms with Gasteiger partial charge in [0.15, 0.2) is 11.5 Å². The van der Waals surface area contributed by atoms with E-state index in [2.05, 4.69) is 23.4 Å². The molecule has 9 heteroatoms. The van der Waals surface area contributed by atoms with Crippen LogP contribution in [0, 0.1) is 17.1 Å². The van der Waals surface area contributed by atoms with Crippen LogP contribution in [0.25, 0.3) is 11.8 Å². The number of halogens is 1. The number of aromatic nitrogens is 2. The minimum atomic E-state index is -0.373. The first kappa shape index (κ1) is 26.3. The number of nitrogens with one attached hydrogen (secondary N) is 1. The molecule has 0 bridgehead atoms. The van der Waals surface area contributed by atoms with Gasteiger partial charge in [0.1, 0.15) is 23.3 Å². The summed E-state index contributed by atoms with van der Waals surface area (Å²) >= 11 is 0. The Labute approximate surface area is 210 Å². The average molecular weight is 492 g/mol. The Morgan fingerprint density at radius 3 is 2.69 bits per heavy atom. The van der Waals surface area contributed by atoms with E-state index >= 15 is 0 Å². The van der Waals surface area contributed by atoms with E-state index < -0.39 is 0 Å². The highest BCUT2D eigenvalue weighted by Crippen LogP contribution is 2.28. The first-order valence-electron chi connectivity index (χ1n) is 11.8. The lowest BCUT2D eigenvalue weighted by molar-refractivity contribution is -0.116. The summed E-state index contributed by atoms with van der Waals surface area (Å²) in [6.07, 6.45) is 6.17. The van der Waals surface area contributed by atoms with Crippen molar-refractivity contribution in [2.45, 2.75) is 32.6 Å². The van der Waals surface area contributed by atoms with E-state index in [0.717, 1.165) is 18.4 Å². The molecular weight excluding hydrogens is 461 g/mol. The first-order valence-corrected chi connectivity index (χ1v) is 11.8. The van der Waals surface area contributed by atoms with E-state index in [1.54, 1.807) is 25.3 Å². The van der Waals surface area contributed by atoms with Gasteiger partial charge in [-0.2, -0.15) is 10.4 Å². The van der Waals surface area contributed by atoms with Crippen molar-refractivity contribution in [3.05, 3.63) is 71.2 Å².